The van der Waals surface area contributed by atoms with Gasteiger partial charge in [-0.1, -0.05) is 60.7 Å². The van der Waals surface area contributed by atoms with Crippen molar-refractivity contribution in [1.29, 1.82) is 0 Å². The quantitative estimate of drug-likeness (QED) is 0.869. The summed E-state index contributed by atoms with van der Waals surface area (Å²) in [5, 5.41) is 7.42. The number of aliphatic carboxylic acids is 1. The highest BCUT2D eigenvalue weighted by Crippen LogP contribution is 2.25. The summed E-state index contributed by atoms with van der Waals surface area (Å²) < 4.78 is 0. The smallest absolute Gasteiger partial charge is 0.300 e. The van der Waals surface area contributed by atoms with Gasteiger partial charge in [0.15, 0.2) is 0 Å². The molecule has 0 aliphatic carbocycles. The highest BCUT2D eigenvalue weighted by Gasteiger charge is 2.22. The molecule has 0 amide bonds. The maximum absolute atomic E-state index is 9.00. The lowest BCUT2D eigenvalue weighted by Gasteiger charge is -2.25. The Balaban J connectivity index is 0.000000399. The molecule has 0 spiro atoms. The third kappa shape index (κ3) is 4.56. The number of carboxylic acid groups (broad SMARTS) is 1. The van der Waals surface area contributed by atoms with E-state index in [1.54, 1.807) is 0 Å². The Morgan fingerprint density at radius 1 is 0.947 bits per heavy atom. The summed E-state index contributed by atoms with van der Waals surface area (Å²) >= 11 is 0. The summed E-state index contributed by atoms with van der Waals surface area (Å²) in [5.74, 6) is -0.833. The Labute approximate surface area is 113 Å². The molecule has 2 aromatic carbocycles. The van der Waals surface area contributed by atoms with Crippen molar-refractivity contribution in [2.75, 3.05) is 0 Å². The van der Waals surface area contributed by atoms with Crippen molar-refractivity contribution < 1.29 is 9.90 Å². The van der Waals surface area contributed by atoms with Crippen molar-refractivity contribution in [2.24, 2.45) is 5.73 Å². The highest BCUT2D eigenvalue weighted by atomic mass is 16.4. The van der Waals surface area contributed by atoms with E-state index in [0.717, 1.165) is 18.1 Å². The summed E-state index contributed by atoms with van der Waals surface area (Å²) in [4.78, 5) is 9.00. The summed E-state index contributed by atoms with van der Waals surface area (Å²) in [5.41, 5.74) is 8.22. The molecule has 0 fully saturated rings. The molecule has 0 aliphatic heterocycles. The predicted molar refractivity (Wildman–Crippen MR) is 76.8 cm³/mol. The molecule has 0 atom stereocenters. The standard InChI is InChI=1S/C14H15N.C2H4O2/c1-14(15,12-8-4-2-5-9-12)13-10-6-3-7-11-13;1-2(3)4/h2-11H,15H2,1H3;1H3,(H,3,4). The van der Waals surface area contributed by atoms with Crippen LogP contribution in [0.2, 0.25) is 0 Å². The van der Waals surface area contributed by atoms with E-state index in [9.17, 15) is 0 Å². The van der Waals surface area contributed by atoms with Gasteiger partial charge in [0, 0.05) is 6.92 Å². The molecule has 0 heterocycles. The first-order valence-corrected chi connectivity index (χ1v) is 6.04. The normalized spacial score (nSPS) is 10.3. The molecule has 2 rings (SSSR count). The Morgan fingerprint density at radius 2 is 1.21 bits per heavy atom. The van der Waals surface area contributed by atoms with Crippen LogP contribution >= 0.6 is 0 Å². The first-order valence-electron chi connectivity index (χ1n) is 6.04. The van der Waals surface area contributed by atoms with Crippen molar-refractivity contribution in [3.05, 3.63) is 71.8 Å². The topological polar surface area (TPSA) is 63.3 Å². The van der Waals surface area contributed by atoms with E-state index in [4.69, 9.17) is 15.6 Å². The average molecular weight is 257 g/mol. The zero-order chi connectivity index (χ0) is 14.3. The SMILES string of the molecule is CC(=O)O.CC(N)(c1ccccc1)c1ccccc1. The second-order valence-corrected chi connectivity index (χ2v) is 4.45. The van der Waals surface area contributed by atoms with Crippen LogP contribution in [0.4, 0.5) is 0 Å². The lowest BCUT2D eigenvalue weighted by Crippen LogP contribution is -2.34. The number of carbonyl (C=O) groups is 1. The Hall–Kier alpha value is -2.13. The fourth-order valence-electron chi connectivity index (χ4n) is 1.74. The molecule has 3 heteroatoms. The van der Waals surface area contributed by atoms with Crippen LogP contribution in [-0.4, -0.2) is 11.1 Å². The molecule has 3 N–H and O–H groups in total. The number of nitrogens with two attached hydrogens (primary N) is 1. The van der Waals surface area contributed by atoms with Crippen molar-refractivity contribution in [3.8, 4) is 0 Å². The fraction of sp³-hybridized carbons (Fsp3) is 0.188. The van der Waals surface area contributed by atoms with Crippen molar-refractivity contribution in [3.63, 3.8) is 0 Å². The first kappa shape index (κ1) is 14.9. The van der Waals surface area contributed by atoms with Crippen molar-refractivity contribution >= 4 is 5.97 Å². The van der Waals surface area contributed by atoms with Crippen molar-refractivity contribution in [1.82, 2.24) is 0 Å². The lowest BCUT2D eigenvalue weighted by atomic mass is 9.86. The Kier molecular flexibility index (Phi) is 5.27. The van der Waals surface area contributed by atoms with Gasteiger partial charge >= 0.3 is 0 Å². The number of hydrogen-bond donors (Lipinski definition) is 2. The number of hydrogen-bond acceptors (Lipinski definition) is 2. The second kappa shape index (κ2) is 6.71. The minimum atomic E-state index is -0.833. The zero-order valence-corrected chi connectivity index (χ0v) is 11.2. The first-order chi connectivity index (χ1) is 8.94. The van der Waals surface area contributed by atoms with Gasteiger partial charge in [-0.3, -0.25) is 4.79 Å². The minimum absolute atomic E-state index is 0.414. The largest absolute Gasteiger partial charge is 0.481 e. The molecule has 0 bridgehead atoms. The van der Waals surface area contributed by atoms with E-state index in [-0.39, 0.29) is 0 Å². The van der Waals surface area contributed by atoms with Gasteiger partial charge in [-0.05, 0) is 18.1 Å². The molecule has 3 nitrogen and oxygen atoms in total. The lowest BCUT2D eigenvalue weighted by molar-refractivity contribution is -0.134. The zero-order valence-electron chi connectivity index (χ0n) is 11.2. The van der Waals surface area contributed by atoms with E-state index in [1.807, 2.05) is 43.3 Å². The fourth-order valence-corrected chi connectivity index (χ4v) is 1.74. The monoisotopic (exact) mass is 257 g/mol. The van der Waals surface area contributed by atoms with Crippen molar-refractivity contribution in [2.45, 2.75) is 19.4 Å². The van der Waals surface area contributed by atoms with Crippen LogP contribution in [0.25, 0.3) is 0 Å². The van der Waals surface area contributed by atoms with Crippen LogP contribution in [0.5, 0.6) is 0 Å². The van der Waals surface area contributed by atoms with Gasteiger partial charge in [-0.15, -0.1) is 0 Å². The third-order valence-corrected chi connectivity index (χ3v) is 2.75. The van der Waals surface area contributed by atoms with E-state index in [1.165, 1.54) is 0 Å². The van der Waals surface area contributed by atoms with E-state index in [2.05, 4.69) is 24.3 Å². The summed E-state index contributed by atoms with van der Waals surface area (Å²) in [6.07, 6.45) is 0. The predicted octanol–water partition coefficient (Wildman–Crippen LogP) is 3.00. The molecule has 2 aromatic rings. The van der Waals surface area contributed by atoms with Crippen LogP contribution in [-0.2, 0) is 10.3 Å². The summed E-state index contributed by atoms with van der Waals surface area (Å²) in [6.45, 7) is 3.12. The highest BCUT2D eigenvalue weighted by molar-refractivity contribution is 5.62. The molecule has 0 aromatic heterocycles. The van der Waals surface area contributed by atoms with Gasteiger partial charge < -0.3 is 10.8 Å². The summed E-state index contributed by atoms with van der Waals surface area (Å²) in [6, 6.07) is 20.3. The van der Waals surface area contributed by atoms with Crippen LogP contribution in [0.15, 0.2) is 60.7 Å². The minimum Gasteiger partial charge on any atom is -0.481 e. The van der Waals surface area contributed by atoms with Gasteiger partial charge in [0.1, 0.15) is 0 Å². The molecule has 100 valence electrons. The Bertz CT molecular complexity index is 461. The molecule has 0 aliphatic rings. The molecule has 19 heavy (non-hydrogen) atoms. The van der Waals surface area contributed by atoms with Gasteiger partial charge in [0.2, 0.25) is 0 Å². The van der Waals surface area contributed by atoms with E-state index < -0.39 is 11.5 Å². The Morgan fingerprint density at radius 3 is 1.47 bits per heavy atom. The maximum Gasteiger partial charge on any atom is 0.300 e. The molecule has 0 radical (unpaired) electrons. The number of benzene rings is 2. The summed E-state index contributed by atoms with van der Waals surface area (Å²) in [7, 11) is 0. The molecule has 0 saturated carbocycles. The molecule has 0 saturated heterocycles. The molecule has 0 unspecified atom stereocenters. The van der Waals surface area contributed by atoms with Gasteiger partial charge in [0.05, 0.1) is 5.54 Å². The van der Waals surface area contributed by atoms with Crippen LogP contribution in [0, 0.1) is 0 Å². The third-order valence-electron chi connectivity index (χ3n) is 2.75. The van der Waals surface area contributed by atoms with Gasteiger partial charge in [-0.25, -0.2) is 0 Å². The average Bonchev–Trinajstić information content (AvgIpc) is 2.40. The maximum atomic E-state index is 9.00. The van der Waals surface area contributed by atoms with Crippen LogP contribution in [0.3, 0.4) is 0 Å². The number of rotatable bonds is 2. The van der Waals surface area contributed by atoms with Gasteiger partial charge in [-0.2, -0.15) is 0 Å². The van der Waals surface area contributed by atoms with Gasteiger partial charge in [0.25, 0.3) is 5.97 Å². The van der Waals surface area contributed by atoms with Crippen LogP contribution < -0.4 is 5.73 Å². The van der Waals surface area contributed by atoms with E-state index in [0.29, 0.717) is 0 Å². The van der Waals surface area contributed by atoms with Crippen LogP contribution in [0.1, 0.15) is 25.0 Å². The molecular weight excluding hydrogens is 238 g/mol. The number of carboxylic acids is 1. The second-order valence-electron chi connectivity index (χ2n) is 4.45. The molecular formula is C16H19NO2. The van der Waals surface area contributed by atoms with E-state index >= 15 is 0 Å².